The van der Waals surface area contributed by atoms with Crippen molar-refractivity contribution in [1.29, 1.82) is 0 Å². The topological polar surface area (TPSA) is 68.9 Å². The van der Waals surface area contributed by atoms with Crippen molar-refractivity contribution in [2.45, 2.75) is 26.4 Å². The summed E-state index contributed by atoms with van der Waals surface area (Å²) in [5, 5.41) is 3.12. The number of aliphatic imine (C=N–C) groups is 1. The molecular weight excluding hydrogens is 326 g/mol. The number of nitrogens with one attached hydrogen (secondary N) is 1. The lowest BCUT2D eigenvalue weighted by Gasteiger charge is -2.07. The van der Waals surface area contributed by atoms with Gasteiger partial charge in [0.1, 0.15) is 0 Å². The average molecular weight is 355 g/mol. The van der Waals surface area contributed by atoms with Crippen LogP contribution in [0.25, 0.3) is 0 Å². The van der Waals surface area contributed by atoms with Crippen LogP contribution in [0.5, 0.6) is 0 Å². The van der Waals surface area contributed by atoms with Crippen molar-refractivity contribution in [1.82, 2.24) is 0 Å². The third-order valence-electron chi connectivity index (χ3n) is 3.82. The molecule has 0 bridgehead atoms. The summed E-state index contributed by atoms with van der Waals surface area (Å²) in [5.41, 5.74) is 9.33. The molecule has 0 saturated carbocycles. The predicted octanol–water partition coefficient (Wildman–Crippen LogP) is 3.60. The van der Waals surface area contributed by atoms with E-state index in [9.17, 15) is 0 Å². The van der Waals surface area contributed by atoms with Crippen LogP contribution in [0.3, 0.4) is 0 Å². The Hall–Kier alpha value is -2.37. The van der Waals surface area contributed by atoms with E-state index in [1.807, 2.05) is 30.3 Å². The lowest BCUT2D eigenvalue weighted by molar-refractivity contribution is 0.0403. The lowest BCUT2D eigenvalue weighted by Crippen LogP contribution is -2.23. The molecule has 5 heteroatoms. The summed E-state index contributed by atoms with van der Waals surface area (Å²) in [5.74, 6) is 0.435. The summed E-state index contributed by atoms with van der Waals surface area (Å²) in [4.78, 5) is 4.32. The van der Waals surface area contributed by atoms with Gasteiger partial charge in [-0.25, -0.2) is 0 Å². The number of benzene rings is 2. The summed E-state index contributed by atoms with van der Waals surface area (Å²) in [6.45, 7) is 5.22. The van der Waals surface area contributed by atoms with Crippen molar-refractivity contribution in [2.75, 3.05) is 31.7 Å². The van der Waals surface area contributed by atoms with Gasteiger partial charge in [-0.05, 0) is 36.1 Å². The molecular formula is C21H29N3O2. The van der Waals surface area contributed by atoms with E-state index >= 15 is 0 Å². The van der Waals surface area contributed by atoms with Gasteiger partial charge in [0.2, 0.25) is 0 Å². The smallest absolute Gasteiger partial charge is 0.193 e. The molecule has 0 amide bonds. The molecule has 2 aromatic rings. The number of nitrogens with zero attached hydrogens (tertiary/aromatic N) is 1. The average Bonchev–Trinajstić information content (AvgIpc) is 2.67. The molecule has 0 heterocycles. The van der Waals surface area contributed by atoms with Crippen molar-refractivity contribution >= 4 is 11.6 Å². The zero-order valence-electron chi connectivity index (χ0n) is 15.5. The first-order chi connectivity index (χ1) is 12.8. The van der Waals surface area contributed by atoms with Gasteiger partial charge < -0.3 is 20.5 Å². The van der Waals surface area contributed by atoms with Crippen LogP contribution in [0.15, 0.2) is 59.6 Å². The maximum Gasteiger partial charge on any atom is 0.193 e. The molecule has 3 N–H and O–H groups in total. The fraction of sp³-hybridized carbons (Fsp3) is 0.381. The van der Waals surface area contributed by atoms with E-state index in [1.165, 1.54) is 11.1 Å². The number of aryl methyl sites for hydroxylation is 1. The van der Waals surface area contributed by atoms with Gasteiger partial charge in [-0.3, -0.25) is 4.99 Å². The molecule has 2 rings (SSSR count). The fourth-order valence-electron chi connectivity index (χ4n) is 2.41. The molecule has 0 saturated heterocycles. The van der Waals surface area contributed by atoms with E-state index in [1.54, 1.807) is 0 Å². The molecule has 0 unspecified atom stereocenters. The Kier molecular flexibility index (Phi) is 9.25. The van der Waals surface area contributed by atoms with E-state index in [0.717, 1.165) is 18.5 Å². The minimum Gasteiger partial charge on any atom is -0.379 e. The van der Waals surface area contributed by atoms with Crippen LogP contribution in [0.1, 0.15) is 24.5 Å². The Morgan fingerprint density at radius 2 is 1.73 bits per heavy atom. The summed E-state index contributed by atoms with van der Waals surface area (Å²) in [7, 11) is 0. The molecule has 26 heavy (non-hydrogen) atoms. The highest BCUT2D eigenvalue weighted by molar-refractivity contribution is 5.92. The molecule has 0 aliphatic carbocycles. The SMILES string of the molecule is CCc1cccc(NC(N)=NCCCOCCOCc2ccccc2)c1. The van der Waals surface area contributed by atoms with Gasteiger partial charge in [0.05, 0.1) is 19.8 Å². The number of hydrogen-bond donors (Lipinski definition) is 2. The predicted molar refractivity (Wildman–Crippen MR) is 107 cm³/mol. The Morgan fingerprint density at radius 1 is 0.962 bits per heavy atom. The van der Waals surface area contributed by atoms with Crippen LogP contribution >= 0.6 is 0 Å². The first-order valence-electron chi connectivity index (χ1n) is 9.13. The van der Waals surface area contributed by atoms with Crippen LogP contribution in [-0.2, 0) is 22.5 Å². The third-order valence-corrected chi connectivity index (χ3v) is 3.82. The summed E-state index contributed by atoms with van der Waals surface area (Å²) in [6.07, 6.45) is 1.83. The molecule has 0 aliphatic rings. The number of ether oxygens (including phenoxy) is 2. The molecule has 5 nitrogen and oxygen atoms in total. The largest absolute Gasteiger partial charge is 0.379 e. The van der Waals surface area contributed by atoms with E-state index < -0.39 is 0 Å². The second-order valence-corrected chi connectivity index (χ2v) is 5.95. The van der Waals surface area contributed by atoms with Crippen molar-refractivity contribution < 1.29 is 9.47 Å². The Bertz CT molecular complexity index is 659. The maximum atomic E-state index is 5.91. The van der Waals surface area contributed by atoms with Gasteiger partial charge in [-0.2, -0.15) is 0 Å². The minimum atomic E-state index is 0.435. The first kappa shape index (κ1) is 19.9. The summed E-state index contributed by atoms with van der Waals surface area (Å²) < 4.78 is 11.1. The zero-order chi connectivity index (χ0) is 18.5. The Labute approximate surface area is 156 Å². The second kappa shape index (κ2) is 12.1. The Morgan fingerprint density at radius 3 is 2.54 bits per heavy atom. The number of anilines is 1. The number of hydrogen-bond acceptors (Lipinski definition) is 3. The first-order valence-corrected chi connectivity index (χ1v) is 9.13. The maximum absolute atomic E-state index is 5.91. The van der Waals surface area contributed by atoms with Gasteiger partial charge in [0.25, 0.3) is 0 Å². The Balaban J connectivity index is 1.50. The molecule has 0 aliphatic heterocycles. The monoisotopic (exact) mass is 355 g/mol. The summed E-state index contributed by atoms with van der Waals surface area (Å²) >= 11 is 0. The van der Waals surface area contributed by atoms with Gasteiger partial charge >= 0.3 is 0 Å². The van der Waals surface area contributed by atoms with Crippen molar-refractivity contribution in [3.8, 4) is 0 Å². The van der Waals surface area contributed by atoms with Gasteiger partial charge in [0, 0.05) is 18.8 Å². The molecule has 0 aromatic heterocycles. The highest BCUT2D eigenvalue weighted by atomic mass is 16.5. The van der Waals surface area contributed by atoms with E-state index in [2.05, 4.69) is 41.5 Å². The van der Waals surface area contributed by atoms with E-state index in [4.69, 9.17) is 15.2 Å². The fourth-order valence-corrected chi connectivity index (χ4v) is 2.41. The molecule has 0 radical (unpaired) electrons. The molecule has 0 atom stereocenters. The molecule has 2 aromatic carbocycles. The van der Waals surface area contributed by atoms with Gasteiger partial charge in [0.15, 0.2) is 5.96 Å². The van der Waals surface area contributed by atoms with Crippen LogP contribution in [0, 0.1) is 0 Å². The highest BCUT2D eigenvalue weighted by Gasteiger charge is 1.97. The number of rotatable bonds is 11. The zero-order valence-corrected chi connectivity index (χ0v) is 15.5. The van der Waals surface area contributed by atoms with Crippen molar-refractivity contribution in [3.63, 3.8) is 0 Å². The van der Waals surface area contributed by atoms with Gasteiger partial charge in [-0.15, -0.1) is 0 Å². The third kappa shape index (κ3) is 8.14. The molecule has 0 spiro atoms. The van der Waals surface area contributed by atoms with Crippen LogP contribution < -0.4 is 11.1 Å². The number of guanidine groups is 1. The quantitative estimate of drug-likeness (QED) is 0.367. The standard InChI is InChI=1S/C21H29N3O2/c1-2-18-10-6-11-20(16-18)24-21(22)23-12-7-13-25-14-15-26-17-19-8-4-3-5-9-19/h3-6,8-11,16H,2,7,12-15,17H2,1H3,(H3,22,23,24). The summed E-state index contributed by atoms with van der Waals surface area (Å²) in [6, 6.07) is 18.3. The lowest BCUT2D eigenvalue weighted by atomic mass is 10.1. The van der Waals surface area contributed by atoms with Crippen molar-refractivity contribution in [3.05, 3.63) is 65.7 Å². The second-order valence-electron chi connectivity index (χ2n) is 5.95. The van der Waals surface area contributed by atoms with Crippen molar-refractivity contribution in [2.24, 2.45) is 10.7 Å². The van der Waals surface area contributed by atoms with E-state index in [0.29, 0.717) is 38.9 Å². The minimum absolute atomic E-state index is 0.435. The van der Waals surface area contributed by atoms with Crippen LogP contribution in [0.2, 0.25) is 0 Å². The van der Waals surface area contributed by atoms with Crippen LogP contribution in [-0.4, -0.2) is 32.3 Å². The molecule has 0 fully saturated rings. The highest BCUT2D eigenvalue weighted by Crippen LogP contribution is 2.10. The van der Waals surface area contributed by atoms with Gasteiger partial charge in [-0.1, -0.05) is 49.4 Å². The molecule has 140 valence electrons. The van der Waals surface area contributed by atoms with Crippen LogP contribution in [0.4, 0.5) is 5.69 Å². The van der Waals surface area contributed by atoms with E-state index in [-0.39, 0.29) is 0 Å². The number of nitrogens with two attached hydrogens (primary N) is 1. The normalized spacial score (nSPS) is 11.5.